The molecule has 258 valence electrons. The SMILES string of the molecule is C[C@@H]1NC(=O)N[C@@H]1CCCCCC(=O)NCCOCCOCCOCCOCCOCCOCCC(=O)ON1C(=O)CCC1=O. The molecule has 16 heteroatoms. The number of nitrogens with zero attached hydrogens (tertiary/aromatic N) is 1. The highest BCUT2D eigenvalue weighted by Gasteiger charge is 2.32. The van der Waals surface area contributed by atoms with E-state index in [0.29, 0.717) is 84.1 Å². The first kappa shape index (κ1) is 38.3. The quantitative estimate of drug-likeness (QED) is 0.0776. The van der Waals surface area contributed by atoms with Gasteiger partial charge in [0.25, 0.3) is 11.8 Å². The lowest BCUT2D eigenvalue weighted by Gasteiger charge is -2.13. The van der Waals surface area contributed by atoms with Crippen LogP contribution in [0.1, 0.15) is 58.3 Å². The summed E-state index contributed by atoms with van der Waals surface area (Å²) in [6.45, 7) is 6.99. The molecule has 0 aromatic carbocycles. The normalized spacial score (nSPS) is 17.9. The van der Waals surface area contributed by atoms with Crippen LogP contribution in [0.5, 0.6) is 0 Å². The predicted octanol–water partition coefficient (Wildman–Crippen LogP) is 0.220. The van der Waals surface area contributed by atoms with Crippen molar-refractivity contribution in [3.8, 4) is 0 Å². The molecular formula is C29H50N4O12. The van der Waals surface area contributed by atoms with Crippen molar-refractivity contribution in [2.75, 3.05) is 85.8 Å². The van der Waals surface area contributed by atoms with Gasteiger partial charge in [0.2, 0.25) is 5.91 Å². The Balaban J connectivity index is 1.21. The third-order valence-electron chi connectivity index (χ3n) is 6.78. The second-order valence-electron chi connectivity index (χ2n) is 10.4. The van der Waals surface area contributed by atoms with Crippen LogP contribution in [-0.4, -0.2) is 133 Å². The monoisotopic (exact) mass is 646 g/mol. The average molecular weight is 647 g/mol. The van der Waals surface area contributed by atoms with Crippen LogP contribution in [0.15, 0.2) is 0 Å². The Hall–Kier alpha value is -2.89. The van der Waals surface area contributed by atoms with Crippen molar-refractivity contribution in [1.29, 1.82) is 0 Å². The van der Waals surface area contributed by atoms with Crippen LogP contribution in [0.3, 0.4) is 0 Å². The van der Waals surface area contributed by atoms with E-state index in [9.17, 15) is 24.0 Å². The molecule has 0 aromatic rings. The third kappa shape index (κ3) is 18.6. The lowest BCUT2D eigenvalue weighted by molar-refractivity contribution is -0.198. The summed E-state index contributed by atoms with van der Waals surface area (Å²) in [6.07, 6.45) is 4.19. The van der Waals surface area contributed by atoms with Gasteiger partial charge in [-0.1, -0.05) is 12.8 Å². The summed E-state index contributed by atoms with van der Waals surface area (Å²) in [5, 5.41) is 9.10. The minimum atomic E-state index is -0.703. The van der Waals surface area contributed by atoms with Gasteiger partial charge in [0.15, 0.2) is 0 Å². The van der Waals surface area contributed by atoms with E-state index < -0.39 is 17.8 Å². The van der Waals surface area contributed by atoms with Crippen molar-refractivity contribution in [1.82, 2.24) is 21.0 Å². The van der Waals surface area contributed by atoms with Crippen LogP contribution in [0, 0.1) is 0 Å². The molecule has 2 aliphatic heterocycles. The number of nitrogens with one attached hydrogen (secondary N) is 3. The Labute approximate surface area is 264 Å². The topological polar surface area (TPSA) is 189 Å². The number of hydrogen-bond acceptors (Lipinski definition) is 12. The number of rotatable bonds is 28. The van der Waals surface area contributed by atoms with Crippen molar-refractivity contribution < 1.29 is 57.2 Å². The molecule has 2 fully saturated rings. The van der Waals surface area contributed by atoms with Gasteiger partial charge >= 0.3 is 12.0 Å². The standard InChI is InChI=1S/C29H50N4O12/c1-23-24(32-29(38)31-23)5-3-2-4-6-25(34)30-10-12-40-14-16-42-18-20-44-22-21-43-19-17-41-15-13-39-11-9-28(37)45-33-26(35)7-8-27(33)36/h23-24H,2-22H2,1H3,(H,30,34)(H2,31,32,38)/t23-,24+/m0/s1. The molecule has 0 aliphatic carbocycles. The van der Waals surface area contributed by atoms with Crippen molar-refractivity contribution in [3.63, 3.8) is 0 Å². The minimum absolute atomic E-state index is 0.0195. The van der Waals surface area contributed by atoms with Gasteiger partial charge in [-0.25, -0.2) is 9.59 Å². The van der Waals surface area contributed by atoms with Crippen molar-refractivity contribution >= 4 is 29.7 Å². The van der Waals surface area contributed by atoms with E-state index in [-0.39, 0.29) is 56.5 Å². The van der Waals surface area contributed by atoms with Crippen molar-refractivity contribution in [3.05, 3.63) is 0 Å². The van der Waals surface area contributed by atoms with Crippen LogP contribution < -0.4 is 16.0 Å². The van der Waals surface area contributed by atoms with Gasteiger partial charge in [0, 0.05) is 31.8 Å². The molecule has 2 saturated heterocycles. The molecule has 0 bridgehead atoms. The Kier molecular flexibility index (Phi) is 20.7. The lowest BCUT2D eigenvalue weighted by Crippen LogP contribution is -2.32. The Morgan fingerprint density at radius 2 is 1.20 bits per heavy atom. The van der Waals surface area contributed by atoms with Gasteiger partial charge in [-0.05, 0) is 19.8 Å². The number of hydrogen-bond donors (Lipinski definition) is 3. The molecule has 0 aromatic heterocycles. The Morgan fingerprint density at radius 1 is 0.689 bits per heavy atom. The van der Waals surface area contributed by atoms with E-state index in [0.717, 1.165) is 25.7 Å². The highest BCUT2D eigenvalue weighted by molar-refractivity contribution is 6.01. The maximum absolute atomic E-state index is 11.9. The number of urea groups is 1. The zero-order valence-electron chi connectivity index (χ0n) is 26.4. The third-order valence-corrected chi connectivity index (χ3v) is 6.78. The van der Waals surface area contributed by atoms with E-state index in [2.05, 4.69) is 16.0 Å². The second kappa shape index (κ2) is 24.4. The van der Waals surface area contributed by atoms with Gasteiger partial charge in [0.05, 0.1) is 91.7 Å². The van der Waals surface area contributed by atoms with Crippen LogP contribution >= 0.6 is 0 Å². The molecular weight excluding hydrogens is 596 g/mol. The van der Waals surface area contributed by atoms with Crippen LogP contribution in [0.2, 0.25) is 0 Å². The number of unbranched alkanes of at least 4 members (excludes halogenated alkanes) is 2. The Morgan fingerprint density at radius 3 is 1.71 bits per heavy atom. The first-order chi connectivity index (χ1) is 21.9. The molecule has 3 N–H and O–H groups in total. The van der Waals surface area contributed by atoms with E-state index in [1.807, 2.05) is 6.92 Å². The fourth-order valence-corrected chi connectivity index (χ4v) is 4.30. The summed E-state index contributed by atoms with van der Waals surface area (Å²) >= 11 is 0. The summed E-state index contributed by atoms with van der Waals surface area (Å²) in [6, 6.07) is 0.216. The van der Waals surface area contributed by atoms with E-state index in [1.54, 1.807) is 0 Å². The second-order valence-corrected chi connectivity index (χ2v) is 10.4. The molecule has 2 heterocycles. The first-order valence-electron chi connectivity index (χ1n) is 15.7. The molecule has 45 heavy (non-hydrogen) atoms. The maximum Gasteiger partial charge on any atom is 0.335 e. The molecule has 2 aliphatic rings. The summed E-state index contributed by atoms with van der Waals surface area (Å²) in [5.74, 6) is -1.71. The Bertz CT molecular complexity index is 877. The van der Waals surface area contributed by atoms with Crippen LogP contribution in [0.4, 0.5) is 4.79 Å². The van der Waals surface area contributed by atoms with Crippen LogP contribution in [0.25, 0.3) is 0 Å². The molecule has 0 saturated carbocycles. The fraction of sp³-hybridized carbons (Fsp3) is 0.828. The van der Waals surface area contributed by atoms with Crippen molar-refractivity contribution in [2.24, 2.45) is 0 Å². The summed E-state index contributed by atoms with van der Waals surface area (Å²) in [5.41, 5.74) is 0. The van der Waals surface area contributed by atoms with E-state index >= 15 is 0 Å². The van der Waals surface area contributed by atoms with Gasteiger partial charge in [-0.15, -0.1) is 5.06 Å². The number of ether oxygens (including phenoxy) is 6. The highest BCUT2D eigenvalue weighted by Crippen LogP contribution is 2.13. The number of carbonyl (C=O) groups excluding carboxylic acids is 5. The fourth-order valence-electron chi connectivity index (χ4n) is 4.30. The van der Waals surface area contributed by atoms with Crippen molar-refractivity contribution in [2.45, 2.75) is 70.4 Å². The van der Waals surface area contributed by atoms with E-state index in [1.165, 1.54) is 0 Å². The predicted molar refractivity (Wildman–Crippen MR) is 158 cm³/mol. The average Bonchev–Trinajstić information content (AvgIpc) is 3.51. The molecule has 5 amide bonds. The first-order valence-corrected chi connectivity index (χ1v) is 15.7. The molecule has 0 unspecified atom stereocenters. The summed E-state index contributed by atoms with van der Waals surface area (Å²) in [7, 11) is 0. The molecule has 2 rings (SSSR count). The molecule has 2 atom stereocenters. The minimum Gasteiger partial charge on any atom is -0.378 e. The summed E-state index contributed by atoms with van der Waals surface area (Å²) < 4.78 is 32.4. The van der Waals surface area contributed by atoms with Crippen LogP contribution in [-0.2, 0) is 52.4 Å². The van der Waals surface area contributed by atoms with Gasteiger partial charge in [-0.2, -0.15) is 0 Å². The largest absolute Gasteiger partial charge is 0.378 e. The highest BCUT2D eigenvalue weighted by atomic mass is 16.7. The zero-order valence-corrected chi connectivity index (χ0v) is 26.4. The lowest BCUT2D eigenvalue weighted by atomic mass is 10.0. The molecule has 0 spiro atoms. The number of amides is 5. The summed E-state index contributed by atoms with van der Waals surface area (Å²) in [4.78, 5) is 62.3. The zero-order chi connectivity index (χ0) is 32.5. The maximum atomic E-state index is 11.9. The number of imide groups is 1. The van der Waals surface area contributed by atoms with Gasteiger partial charge < -0.3 is 49.2 Å². The van der Waals surface area contributed by atoms with Gasteiger partial charge in [0.1, 0.15) is 0 Å². The van der Waals surface area contributed by atoms with E-state index in [4.69, 9.17) is 33.3 Å². The van der Waals surface area contributed by atoms with Gasteiger partial charge in [-0.3, -0.25) is 14.4 Å². The molecule has 16 nitrogen and oxygen atoms in total. The molecule has 0 radical (unpaired) electrons. The number of carbonyl (C=O) groups is 5. The number of hydroxylamine groups is 2. The smallest absolute Gasteiger partial charge is 0.335 e.